The Balaban J connectivity index is 1.52. The number of hydrogen-bond donors (Lipinski definition) is 3. The van der Waals surface area contributed by atoms with Gasteiger partial charge in [-0.1, -0.05) is 24.3 Å². The van der Waals surface area contributed by atoms with Crippen molar-refractivity contribution in [2.24, 2.45) is 0 Å². The number of urea groups is 1. The summed E-state index contributed by atoms with van der Waals surface area (Å²) in [6, 6.07) is 20.5. The Labute approximate surface area is 211 Å². The van der Waals surface area contributed by atoms with Crippen molar-refractivity contribution >= 4 is 29.0 Å². The van der Waals surface area contributed by atoms with E-state index in [-0.39, 0.29) is 5.91 Å². The summed E-state index contributed by atoms with van der Waals surface area (Å²) < 4.78 is 10.2. The monoisotopic (exact) mass is 488 g/mol. The van der Waals surface area contributed by atoms with Crippen molar-refractivity contribution < 1.29 is 19.1 Å². The van der Waals surface area contributed by atoms with E-state index in [0.29, 0.717) is 35.8 Å². The Morgan fingerprint density at radius 3 is 2.39 bits per heavy atom. The van der Waals surface area contributed by atoms with Crippen LogP contribution >= 0.6 is 0 Å². The Bertz CT molecular complexity index is 1200. The first-order valence-corrected chi connectivity index (χ1v) is 12.0. The van der Waals surface area contributed by atoms with Gasteiger partial charge >= 0.3 is 6.03 Å². The first kappa shape index (κ1) is 25.1. The van der Waals surface area contributed by atoms with Gasteiger partial charge in [0.05, 0.1) is 12.7 Å². The summed E-state index contributed by atoms with van der Waals surface area (Å²) in [5.41, 5.74) is 5.13. The summed E-state index contributed by atoms with van der Waals surface area (Å²) in [6.45, 7) is 2.62. The lowest BCUT2D eigenvalue weighted by Crippen LogP contribution is -2.33. The van der Waals surface area contributed by atoms with Crippen molar-refractivity contribution in [1.82, 2.24) is 5.32 Å². The van der Waals surface area contributed by atoms with Gasteiger partial charge in [-0.05, 0) is 66.4 Å². The minimum Gasteiger partial charge on any atom is -0.497 e. The molecular weight excluding hydrogens is 456 g/mol. The van der Waals surface area contributed by atoms with E-state index in [4.69, 9.17) is 9.47 Å². The third-order valence-electron chi connectivity index (χ3n) is 6.13. The average Bonchev–Trinajstić information content (AvgIpc) is 2.91. The third kappa shape index (κ3) is 6.34. The van der Waals surface area contributed by atoms with Gasteiger partial charge in [0, 0.05) is 50.4 Å². The lowest BCUT2D eigenvalue weighted by Gasteiger charge is -2.32. The van der Waals surface area contributed by atoms with E-state index >= 15 is 0 Å². The minimum absolute atomic E-state index is 0.181. The highest BCUT2D eigenvalue weighted by Crippen LogP contribution is 2.30. The van der Waals surface area contributed by atoms with Crippen molar-refractivity contribution in [2.45, 2.75) is 19.4 Å². The molecule has 0 unspecified atom stereocenters. The second kappa shape index (κ2) is 12.1. The molecule has 0 aromatic heterocycles. The maximum atomic E-state index is 13.2. The number of nitrogens with one attached hydrogen (secondary N) is 3. The normalized spacial score (nSPS) is 12.4. The van der Waals surface area contributed by atoms with Crippen LogP contribution in [0.4, 0.5) is 21.9 Å². The lowest BCUT2D eigenvalue weighted by molar-refractivity contribution is 0.0949. The summed E-state index contributed by atoms with van der Waals surface area (Å²) in [5.74, 6) is 0.525. The number of nitrogens with zero attached hydrogens (tertiary/aromatic N) is 1. The van der Waals surface area contributed by atoms with Crippen LogP contribution in [0.3, 0.4) is 0 Å². The van der Waals surface area contributed by atoms with Crippen molar-refractivity contribution in [3.63, 3.8) is 0 Å². The number of anilines is 3. The van der Waals surface area contributed by atoms with Gasteiger partial charge in [0.2, 0.25) is 0 Å². The van der Waals surface area contributed by atoms with Crippen LogP contribution in [-0.4, -0.2) is 45.9 Å². The van der Waals surface area contributed by atoms with Crippen LogP contribution in [0.25, 0.3) is 0 Å². The van der Waals surface area contributed by atoms with Crippen molar-refractivity contribution in [1.29, 1.82) is 0 Å². The molecule has 0 radical (unpaired) electrons. The molecule has 0 spiro atoms. The van der Waals surface area contributed by atoms with Crippen LogP contribution in [0.5, 0.6) is 5.75 Å². The van der Waals surface area contributed by atoms with Gasteiger partial charge in [-0.2, -0.15) is 0 Å². The predicted octanol–water partition coefficient (Wildman–Crippen LogP) is 4.67. The predicted molar refractivity (Wildman–Crippen MR) is 142 cm³/mol. The highest BCUT2D eigenvalue weighted by Gasteiger charge is 2.22. The number of carbonyl (C=O) groups excluding carboxylic acids is 2. The Morgan fingerprint density at radius 1 is 0.917 bits per heavy atom. The first-order chi connectivity index (χ1) is 17.6. The fraction of sp³-hybridized carbons (Fsp3) is 0.286. The summed E-state index contributed by atoms with van der Waals surface area (Å²) in [7, 11) is 3.23. The molecule has 4 rings (SSSR count). The molecule has 0 bridgehead atoms. The fourth-order valence-corrected chi connectivity index (χ4v) is 4.25. The van der Waals surface area contributed by atoms with Crippen LogP contribution < -0.4 is 25.6 Å². The van der Waals surface area contributed by atoms with Gasteiger partial charge in [0.1, 0.15) is 5.75 Å². The Morgan fingerprint density at radius 2 is 1.64 bits per heavy atom. The topological polar surface area (TPSA) is 91.9 Å². The number of fused-ring (bicyclic) bond motifs is 1. The van der Waals surface area contributed by atoms with Gasteiger partial charge in [0.15, 0.2) is 0 Å². The molecule has 188 valence electrons. The number of rotatable bonds is 9. The van der Waals surface area contributed by atoms with Gasteiger partial charge in [-0.3, -0.25) is 4.79 Å². The highest BCUT2D eigenvalue weighted by atomic mass is 16.5. The van der Waals surface area contributed by atoms with Gasteiger partial charge in [-0.15, -0.1) is 0 Å². The first-order valence-electron chi connectivity index (χ1n) is 12.0. The number of hydrogen-bond acceptors (Lipinski definition) is 5. The van der Waals surface area contributed by atoms with Crippen LogP contribution in [-0.2, 0) is 17.7 Å². The average molecular weight is 489 g/mol. The molecule has 8 nitrogen and oxygen atoms in total. The van der Waals surface area contributed by atoms with Crippen LogP contribution in [0.2, 0.25) is 0 Å². The SMILES string of the molecule is COCCCNC(=O)c1cc(NC(=O)Nc2ccc(OC)cc2)ccc1N1CCc2ccccc2C1. The van der Waals surface area contributed by atoms with Crippen LogP contribution in [0.15, 0.2) is 66.7 Å². The largest absolute Gasteiger partial charge is 0.497 e. The number of amides is 3. The fourth-order valence-electron chi connectivity index (χ4n) is 4.25. The maximum Gasteiger partial charge on any atom is 0.323 e. The molecule has 1 aliphatic rings. The van der Waals surface area contributed by atoms with E-state index in [1.807, 2.05) is 18.2 Å². The zero-order chi connectivity index (χ0) is 25.3. The second-order valence-electron chi connectivity index (χ2n) is 8.58. The highest BCUT2D eigenvalue weighted by molar-refractivity contribution is 6.04. The molecule has 36 heavy (non-hydrogen) atoms. The van der Waals surface area contributed by atoms with Crippen molar-refractivity contribution in [3.05, 3.63) is 83.4 Å². The minimum atomic E-state index is -0.397. The van der Waals surface area contributed by atoms with Crippen molar-refractivity contribution in [2.75, 3.05) is 49.4 Å². The zero-order valence-corrected chi connectivity index (χ0v) is 20.7. The Hall–Kier alpha value is -4.04. The van der Waals surface area contributed by atoms with E-state index in [2.05, 4.69) is 39.0 Å². The van der Waals surface area contributed by atoms with E-state index in [9.17, 15) is 9.59 Å². The second-order valence-corrected chi connectivity index (χ2v) is 8.58. The molecule has 0 saturated heterocycles. The van der Waals surface area contributed by atoms with Gasteiger partial charge in [-0.25, -0.2) is 4.79 Å². The molecule has 3 aromatic carbocycles. The molecule has 3 aromatic rings. The molecule has 0 aliphatic carbocycles. The Kier molecular flexibility index (Phi) is 8.41. The van der Waals surface area contributed by atoms with Gasteiger partial charge in [0.25, 0.3) is 5.91 Å². The molecule has 0 fully saturated rings. The maximum absolute atomic E-state index is 13.2. The molecule has 0 saturated carbocycles. The molecule has 3 N–H and O–H groups in total. The number of benzene rings is 3. The number of carbonyl (C=O) groups is 2. The lowest BCUT2D eigenvalue weighted by atomic mass is 9.98. The van der Waals surface area contributed by atoms with E-state index in [1.165, 1.54) is 11.1 Å². The summed E-state index contributed by atoms with van der Waals surface area (Å²) in [5, 5.41) is 8.61. The standard InChI is InChI=1S/C28H32N4O4/c1-35-17-5-15-29-27(33)25-18-23(31-28(34)30-22-8-11-24(36-2)12-9-22)10-13-26(25)32-16-14-20-6-3-4-7-21(20)19-32/h3-4,6-13,18H,5,14-17,19H2,1-2H3,(H,29,33)(H2,30,31,34). The summed E-state index contributed by atoms with van der Waals surface area (Å²) in [4.78, 5) is 28.0. The molecule has 1 heterocycles. The summed E-state index contributed by atoms with van der Waals surface area (Å²) >= 11 is 0. The van der Waals surface area contributed by atoms with E-state index in [1.54, 1.807) is 44.6 Å². The quantitative estimate of drug-likeness (QED) is 0.381. The summed E-state index contributed by atoms with van der Waals surface area (Å²) in [6.07, 6.45) is 1.63. The van der Waals surface area contributed by atoms with Crippen LogP contribution in [0, 0.1) is 0 Å². The van der Waals surface area contributed by atoms with Crippen molar-refractivity contribution in [3.8, 4) is 5.75 Å². The zero-order valence-electron chi connectivity index (χ0n) is 20.7. The molecule has 3 amide bonds. The molecule has 8 heteroatoms. The van der Waals surface area contributed by atoms with E-state index < -0.39 is 6.03 Å². The third-order valence-corrected chi connectivity index (χ3v) is 6.13. The molecular formula is C28H32N4O4. The number of methoxy groups -OCH3 is 2. The van der Waals surface area contributed by atoms with E-state index in [0.717, 1.165) is 31.6 Å². The number of ether oxygens (including phenoxy) is 2. The van der Waals surface area contributed by atoms with Crippen LogP contribution in [0.1, 0.15) is 27.9 Å². The smallest absolute Gasteiger partial charge is 0.323 e. The molecule has 1 aliphatic heterocycles. The van der Waals surface area contributed by atoms with Gasteiger partial charge < -0.3 is 30.3 Å². The molecule has 0 atom stereocenters.